The standard InChI is InChI=1S/C33H33ClF5N9O3/c1-31(2,3)15-32(18-6-7-19(21(35)12-18)22-9-10-46(4)45-22)28(49)47(29(40)44-32)24(14-51-30(50)43-25-13-33(25,38)39)17-5-8-20(34)23(11-17)48-27(26(36)37)41-16-42-48/h5-12,16,24-26H,13-15H2,1-4H3,(H2,40,44)(H,43,50)/t24?,25?,32-/m1/s1. The van der Waals surface area contributed by atoms with Crippen molar-refractivity contribution in [1.82, 2.24) is 34.8 Å². The van der Waals surface area contributed by atoms with Crippen LogP contribution >= 0.6 is 11.6 Å². The molecule has 0 radical (unpaired) electrons. The van der Waals surface area contributed by atoms with E-state index in [1.54, 1.807) is 25.4 Å². The second-order valence-corrected chi connectivity index (χ2v) is 14.0. The second-order valence-electron chi connectivity index (χ2n) is 13.6. The average molecular weight is 734 g/mol. The number of aryl methyl sites for hydroxylation is 1. The van der Waals surface area contributed by atoms with E-state index in [9.17, 15) is 27.2 Å². The van der Waals surface area contributed by atoms with Crippen LogP contribution in [0.2, 0.25) is 5.02 Å². The van der Waals surface area contributed by atoms with Crippen LogP contribution in [0.1, 0.15) is 63.0 Å². The first-order chi connectivity index (χ1) is 23.9. The number of alkyl carbamates (subject to hydrolysis) is 1. The number of aliphatic imine (C=N–C) groups is 1. The van der Waals surface area contributed by atoms with E-state index in [0.29, 0.717) is 5.69 Å². The number of hydrogen-bond acceptors (Lipinski definition) is 8. The van der Waals surface area contributed by atoms with E-state index >= 15 is 4.39 Å². The highest BCUT2D eigenvalue weighted by Gasteiger charge is 2.58. The molecule has 3 N–H and O–H groups in total. The summed E-state index contributed by atoms with van der Waals surface area (Å²) < 4.78 is 78.1. The van der Waals surface area contributed by atoms with Crippen molar-refractivity contribution in [2.75, 3.05) is 6.61 Å². The van der Waals surface area contributed by atoms with Gasteiger partial charge in [0.1, 0.15) is 24.8 Å². The maximum absolute atomic E-state index is 15.8. The molecule has 0 saturated heterocycles. The minimum atomic E-state index is -3.08. The molecule has 3 heterocycles. The summed E-state index contributed by atoms with van der Waals surface area (Å²) in [7, 11) is 1.69. The Bertz CT molecular complexity index is 2030. The molecule has 2 amide bonds. The zero-order chi connectivity index (χ0) is 37.0. The third-order valence-corrected chi connectivity index (χ3v) is 8.82. The number of halogens is 6. The molecule has 51 heavy (non-hydrogen) atoms. The Balaban J connectivity index is 1.42. The molecule has 2 aliphatic rings. The van der Waals surface area contributed by atoms with Gasteiger partial charge in [0.25, 0.3) is 18.3 Å². The molecule has 0 bridgehead atoms. The van der Waals surface area contributed by atoms with Gasteiger partial charge in [-0.15, -0.1) is 0 Å². The molecule has 270 valence electrons. The summed E-state index contributed by atoms with van der Waals surface area (Å²) in [5.74, 6) is -5.51. The van der Waals surface area contributed by atoms with Crippen molar-refractivity contribution in [3.05, 3.63) is 82.8 Å². The summed E-state index contributed by atoms with van der Waals surface area (Å²) in [6, 6.07) is 7.27. The first-order valence-corrected chi connectivity index (χ1v) is 16.1. The van der Waals surface area contributed by atoms with Crippen molar-refractivity contribution in [1.29, 1.82) is 0 Å². The van der Waals surface area contributed by atoms with Crippen molar-refractivity contribution in [2.24, 2.45) is 23.2 Å². The van der Waals surface area contributed by atoms with Crippen molar-refractivity contribution in [3.8, 4) is 16.9 Å². The molecule has 1 fully saturated rings. The van der Waals surface area contributed by atoms with E-state index in [1.807, 2.05) is 20.8 Å². The molecular weight excluding hydrogens is 701 g/mol. The summed E-state index contributed by atoms with van der Waals surface area (Å²) in [6.07, 6.45) is -2.16. The number of nitrogens with one attached hydrogen (secondary N) is 1. The summed E-state index contributed by atoms with van der Waals surface area (Å²) in [5, 5.41) is 10.2. The molecule has 18 heteroatoms. The zero-order valence-electron chi connectivity index (χ0n) is 27.7. The van der Waals surface area contributed by atoms with E-state index in [2.05, 4.69) is 25.5 Å². The van der Waals surface area contributed by atoms with E-state index in [1.165, 1.54) is 35.0 Å². The SMILES string of the molecule is Cn1ccc(-c2ccc([C@@]3(CC(C)(C)C)N=C(N)N(C(COC(=O)NC4CC4(F)F)c4ccc(Cl)c(-n5ncnc5C(F)F)c4)C3=O)cc2F)n1. The lowest BCUT2D eigenvalue weighted by Crippen LogP contribution is -2.47. The average Bonchev–Trinajstić information content (AvgIpc) is 3.44. The molecule has 2 aromatic carbocycles. The Hall–Kier alpha value is -5.06. The Morgan fingerprint density at radius 2 is 1.90 bits per heavy atom. The lowest BCUT2D eigenvalue weighted by atomic mass is 9.75. The fraction of sp³-hybridized carbons (Fsp3) is 0.394. The van der Waals surface area contributed by atoms with Gasteiger partial charge in [0, 0.05) is 25.2 Å². The van der Waals surface area contributed by atoms with Crippen LogP contribution in [-0.2, 0) is 22.1 Å². The predicted molar refractivity (Wildman–Crippen MR) is 175 cm³/mol. The molecule has 1 saturated carbocycles. The number of nitrogens with two attached hydrogens (primary N) is 1. The highest BCUT2D eigenvalue weighted by molar-refractivity contribution is 6.32. The minimum Gasteiger partial charge on any atom is -0.447 e. The molecule has 2 aromatic heterocycles. The molecule has 4 aromatic rings. The number of carbonyl (C=O) groups is 2. The number of hydrogen-bond donors (Lipinski definition) is 2. The van der Waals surface area contributed by atoms with E-state index in [4.69, 9.17) is 22.1 Å². The Morgan fingerprint density at radius 1 is 1.18 bits per heavy atom. The van der Waals surface area contributed by atoms with Crippen molar-refractivity contribution >= 4 is 29.6 Å². The fourth-order valence-electron chi connectivity index (χ4n) is 6.13. The summed E-state index contributed by atoms with van der Waals surface area (Å²) in [5.41, 5.74) is 5.00. The van der Waals surface area contributed by atoms with Gasteiger partial charge < -0.3 is 15.8 Å². The quantitative estimate of drug-likeness (QED) is 0.189. The van der Waals surface area contributed by atoms with Gasteiger partial charge >= 0.3 is 6.09 Å². The minimum absolute atomic E-state index is 0.0144. The topological polar surface area (TPSA) is 146 Å². The second kappa shape index (κ2) is 12.9. The van der Waals surface area contributed by atoms with Gasteiger partial charge in [0.05, 0.1) is 22.4 Å². The summed E-state index contributed by atoms with van der Waals surface area (Å²) >= 11 is 6.41. The largest absolute Gasteiger partial charge is 0.447 e. The smallest absolute Gasteiger partial charge is 0.407 e. The molecule has 1 aliphatic carbocycles. The number of aromatic nitrogens is 5. The Morgan fingerprint density at radius 3 is 2.51 bits per heavy atom. The zero-order valence-corrected chi connectivity index (χ0v) is 28.5. The number of alkyl halides is 4. The van der Waals surface area contributed by atoms with Crippen LogP contribution in [0.4, 0.5) is 26.7 Å². The number of ether oxygens (including phenoxy) is 1. The summed E-state index contributed by atoms with van der Waals surface area (Å²) in [4.78, 5) is 36.8. The maximum Gasteiger partial charge on any atom is 0.407 e. The van der Waals surface area contributed by atoms with Crippen LogP contribution in [0.15, 0.2) is 60.0 Å². The molecule has 6 rings (SSSR count). The van der Waals surface area contributed by atoms with Crippen molar-refractivity contribution in [2.45, 2.75) is 63.6 Å². The molecule has 0 spiro atoms. The van der Waals surface area contributed by atoms with E-state index < -0.39 is 72.1 Å². The highest BCUT2D eigenvalue weighted by atomic mass is 35.5. The normalized spacial score (nSPS) is 20.5. The predicted octanol–water partition coefficient (Wildman–Crippen LogP) is 6.06. The van der Waals surface area contributed by atoms with Gasteiger partial charge in [-0.25, -0.2) is 41.4 Å². The van der Waals surface area contributed by atoms with Gasteiger partial charge in [-0.3, -0.25) is 14.4 Å². The van der Waals surface area contributed by atoms with Crippen LogP contribution < -0.4 is 11.1 Å². The molecule has 1 aliphatic heterocycles. The monoisotopic (exact) mass is 733 g/mol. The van der Waals surface area contributed by atoms with Crippen molar-refractivity contribution < 1.29 is 36.3 Å². The number of rotatable bonds is 10. The van der Waals surface area contributed by atoms with Crippen molar-refractivity contribution in [3.63, 3.8) is 0 Å². The van der Waals surface area contributed by atoms with E-state index in [0.717, 1.165) is 15.9 Å². The molecule has 2 unspecified atom stereocenters. The van der Waals surface area contributed by atoms with Gasteiger partial charge in [-0.2, -0.15) is 10.2 Å². The van der Waals surface area contributed by atoms with Crippen LogP contribution in [0.25, 0.3) is 16.9 Å². The maximum atomic E-state index is 15.8. The van der Waals surface area contributed by atoms with Crippen LogP contribution in [0.5, 0.6) is 0 Å². The summed E-state index contributed by atoms with van der Waals surface area (Å²) in [6.45, 7) is 4.93. The van der Waals surface area contributed by atoms with Crippen LogP contribution in [-0.4, -0.2) is 66.0 Å². The van der Waals surface area contributed by atoms with Crippen LogP contribution in [0.3, 0.4) is 0 Å². The number of amides is 2. The fourth-order valence-corrected chi connectivity index (χ4v) is 6.32. The van der Waals surface area contributed by atoms with Gasteiger partial charge in [0.15, 0.2) is 17.3 Å². The molecule has 12 nitrogen and oxygen atoms in total. The first-order valence-electron chi connectivity index (χ1n) is 15.7. The number of benzene rings is 2. The Labute approximate surface area is 293 Å². The highest BCUT2D eigenvalue weighted by Crippen LogP contribution is 2.46. The van der Waals surface area contributed by atoms with E-state index in [-0.39, 0.29) is 39.8 Å². The third kappa shape index (κ3) is 6.98. The third-order valence-electron chi connectivity index (χ3n) is 8.50. The molecular formula is C33H33ClF5N9O3. The number of nitrogens with zero attached hydrogens (tertiary/aromatic N) is 7. The lowest BCUT2D eigenvalue weighted by molar-refractivity contribution is -0.135. The van der Waals surface area contributed by atoms with Gasteiger partial charge in [-0.05, 0) is 53.3 Å². The van der Waals surface area contributed by atoms with Crippen LogP contribution in [0, 0.1) is 11.2 Å². The first kappa shape index (κ1) is 35.8. The van der Waals surface area contributed by atoms with Gasteiger partial charge in [-0.1, -0.05) is 44.5 Å². The molecule has 3 atom stereocenters. The number of carbonyl (C=O) groups excluding carboxylic acids is 2. The van der Waals surface area contributed by atoms with Gasteiger partial charge in [0.2, 0.25) is 0 Å². The lowest BCUT2D eigenvalue weighted by Gasteiger charge is -2.35. The number of guanidine groups is 1. The Kier molecular flexibility index (Phi) is 9.06.